The van der Waals surface area contributed by atoms with Crippen molar-refractivity contribution in [2.45, 2.75) is 37.3 Å². The Bertz CT molecular complexity index is 668. The first kappa shape index (κ1) is 16.1. The van der Waals surface area contributed by atoms with Crippen LogP contribution >= 0.6 is 11.8 Å². The molecule has 1 aromatic heterocycles. The molecule has 126 valence electrons. The van der Waals surface area contributed by atoms with Crippen molar-refractivity contribution in [3.63, 3.8) is 0 Å². The van der Waals surface area contributed by atoms with Gasteiger partial charge in [0.15, 0.2) is 0 Å². The summed E-state index contributed by atoms with van der Waals surface area (Å²) in [5.74, 6) is 1.12. The highest BCUT2D eigenvalue weighted by Crippen LogP contribution is 2.46. The quantitative estimate of drug-likeness (QED) is 0.829. The monoisotopic (exact) mass is 340 g/mol. The Hall–Kier alpha value is -1.36. The lowest BCUT2D eigenvalue weighted by molar-refractivity contribution is 0.0263. The fraction of sp³-hybridized carbons (Fsp3) is 0.450. The predicted octanol–water partition coefficient (Wildman–Crippen LogP) is 3.67. The average molecular weight is 340 g/mol. The lowest BCUT2D eigenvalue weighted by Gasteiger charge is -2.47. The topological polar surface area (TPSA) is 25.4 Å². The van der Waals surface area contributed by atoms with E-state index in [-0.39, 0.29) is 0 Å². The van der Waals surface area contributed by atoms with Crippen molar-refractivity contribution >= 4 is 11.8 Å². The largest absolute Gasteiger partial charge is 0.373 e. The summed E-state index contributed by atoms with van der Waals surface area (Å²) in [4.78, 5) is 6.71. The van der Waals surface area contributed by atoms with Crippen LogP contribution in [0.3, 0.4) is 0 Å². The molecule has 3 heterocycles. The molecule has 1 spiro atoms. The predicted molar refractivity (Wildman–Crippen MR) is 99.1 cm³/mol. The number of ether oxygens (including phenoxy) is 1. The molecule has 0 saturated carbocycles. The number of hydrogen-bond donors (Lipinski definition) is 0. The van der Waals surface area contributed by atoms with Crippen LogP contribution in [-0.2, 0) is 17.9 Å². The fourth-order valence-electron chi connectivity index (χ4n) is 3.66. The molecule has 2 aliphatic heterocycles. The minimum absolute atomic E-state index is 0.386. The van der Waals surface area contributed by atoms with E-state index in [9.17, 15) is 0 Å². The van der Waals surface area contributed by atoms with Crippen molar-refractivity contribution < 1.29 is 4.74 Å². The second-order valence-corrected chi connectivity index (χ2v) is 8.61. The van der Waals surface area contributed by atoms with E-state index in [1.165, 1.54) is 30.6 Å². The summed E-state index contributed by atoms with van der Waals surface area (Å²) in [6.45, 7) is 6.28. The van der Waals surface area contributed by atoms with Gasteiger partial charge in [0, 0.05) is 42.5 Å². The standard InChI is InChI=1S/C20H24N2OS/c1-16-4-6-17(7-5-16)11-22-14-20(15-22)9-19(13-24-20)23-12-18-3-2-8-21-10-18/h2-8,10,19H,9,11-15H2,1H3. The molecule has 2 fully saturated rings. The van der Waals surface area contributed by atoms with Crippen LogP contribution in [0.15, 0.2) is 48.8 Å². The first-order valence-corrected chi connectivity index (χ1v) is 9.62. The van der Waals surface area contributed by atoms with E-state index in [4.69, 9.17) is 4.74 Å². The first-order valence-electron chi connectivity index (χ1n) is 8.63. The van der Waals surface area contributed by atoms with Crippen molar-refractivity contribution in [1.82, 2.24) is 9.88 Å². The maximum atomic E-state index is 6.11. The van der Waals surface area contributed by atoms with Crippen molar-refractivity contribution in [3.8, 4) is 0 Å². The Kier molecular flexibility index (Phi) is 4.61. The Morgan fingerprint density at radius 3 is 2.79 bits per heavy atom. The number of hydrogen-bond acceptors (Lipinski definition) is 4. The summed E-state index contributed by atoms with van der Waals surface area (Å²) in [6, 6.07) is 13.0. The van der Waals surface area contributed by atoms with E-state index in [1.54, 1.807) is 6.20 Å². The molecule has 0 bridgehead atoms. The summed E-state index contributed by atoms with van der Waals surface area (Å²) in [7, 11) is 0. The van der Waals surface area contributed by atoms with Gasteiger partial charge in [-0.15, -0.1) is 11.8 Å². The molecule has 2 saturated heterocycles. The Labute approximate surface area is 148 Å². The molecule has 1 unspecified atom stereocenters. The number of benzene rings is 1. The van der Waals surface area contributed by atoms with Crippen molar-refractivity contribution in [2.24, 2.45) is 0 Å². The molecular formula is C20H24N2OS. The Balaban J connectivity index is 1.23. The van der Waals surface area contributed by atoms with Crippen LogP contribution in [-0.4, -0.2) is 39.6 Å². The van der Waals surface area contributed by atoms with E-state index in [0.29, 0.717) is 17.5 Å². The molecule has 3 nitrogen and oxygen atoms in total. The molecule has 2 aliphatic rings. The number of rotatable bonds is 5. The lowest BCUT2D eigenvalue weighted by Crippen LogP contribution is -2.58. The van der Waals surface area contributed by atoms with Gasteiger partial charge in [0.05, 0.1) is 12.7 Å². The number of pyridine rings is 1. The van der Waals surface area contributed by atoms with Gasteiger partial charge in [-0.2, -0.15) is 0 Å². The van der Waals surface area contributed by atoms with Gasteiger partial charge in [-0.05, 0) is 30.5 Å². The molecule has 4 heteroatoms. The van der Waals surface area contributed by atoms with E-state index >= 15 is 0 Å². The van der Waals surface area contributed by atoms with E-state index in [2.05, 4.69) is 58.9 Å². The normalized spacial score (nSPS) is 22.6. The highest BCUT2D eigenvalue weighted by Gasteiger charge is 2.49. The average Bonchev–Trinajstić information content (AvgIpc) is 3.00. The molecule has 24 heavy (non-hydrogen) atoms. The number of thioether (sulfide) groups is 1. The molecule has 0 amide bonds. The number of aryl methyl sites for hydroxylation is 1. The maximum Gasteiger partial charge on any atom is 0.0736 e. The minimum Gasteiger partial charge on any atom is -0.373 e. The maximum absolute atomic E-state index is 6.11. The van der Waals surface area contributed by atoms with Gasteiger partial charge in [0.2, 0.25) is 0 Å². The van der Waals surface area contributed by atoms with Crippen LogP contribution in [0, 0.1) is 6.92 Å². The smallest absolute Gasteiger partial charge is 0.0736 e. The van der Waals surface area contributed by atoms with E-state index in [1.807, 2.05) is 12.3 Å². The van der Waals surface area contributed by atoms with Crippen molar-refractivity contribution in [2.75, 3.05) is 18.8 Å². The lowest BCUT2D eigenvalue weighted by atomic mass is 9.92. The third-order valence-corrected chi connectivity index (χ3v) is 6.51. The van der Waals surface area contributed by atoms with Crippen LogP contribution < -0.4 is 0 Å². The van der Waals surface area contributed by atoms with Crippen molar-refractivity contribution in [3.05, 3.63) is 65.5 Å². The van der Waals surface area contributed by atoms with Crippen molar-refractivity contribution in [1.29, 1.82) is 0 Å². The number of aromatic nitrogens is 1. The SMILES string of the molecule is Cc1ccc(CN2CC3(CC(OCc4cccnc4)CS3)C2)cc1. The zero-order chi connectivity index (χ0) is 16.4. The molecule has 0 aliphatic carbocycles. The molecule has 2 aromatic rings. The number of nitrogens with zero attached hydrogens (tertiary/aromatic N) is 2. The van der Waals surface area contributed by atoms with Crippen LogP contribution in [0.4, 0.5) is 0 Å². The van der Waals surface area contributed by atoms with E-state index in [0.717, 1.165) is 17.9 Å². The molecular weight excluding hydrogens is 316 g/mol. The van der Waals surface area contributed by atoms with E-state index < -0.39 is 0 Å². The summed E-state index contributed by atoms with van der Waals surface area (Å²) in [6.07, 6.45) is 5.27. The zero-order valence-corrected chi connectivity index (χ0v) is 15.0. The summed E-state index contributed by atoms with van der Waals surface area (Å²) in [5.41, 5.74) is 3.92. The molecule has 1 aromatic carbocycles. The second kappa shape index (κ2) is 6.87. The summed E-state index contributed by atoms with van der Waals surface area (Å²) >= 11 is 2.11. The molecule has 4 rings (SSSR count). The van der Waals surface area contributed by atoms with Gasteiger partial charge in [-0.1, -0.05) is 35.9 Å². The zero-order valence-electron chi connectivity index (χ0n) is 14.1. The van der Waals surface area contributed by atoms with Crippen LogP contribution in [0.25, 0.3) is 0 Å². The van der Waals surface area contributed by atoms with Crippen LogP contribution in [0.2, 0.25) is 0 Å². The highest BCUT2D eigenvalue weighted by atomic mass is 32.2. The molecule has 1 atom stereocenters. The van der Waals surface area contributed by atoms with Gasteiger partial charge < -0.3 is 4.74 Å². The van der Waals surface area contributed by atoms with Gasteiger partial charge in [0.1, 0.15) is 0 Å². The fourth-order valence-corrected chi connectivity index (χ4v) is 5.26. The third-order valence-electron chi connectivity index (χ3n) is 4.93. The third kappa shape index (κ3) is 3.66. The second-order valence-electron chi connectivity index (χ2n) is 7.12. The van der Waals surface area contributed by atoms with Crippen LogP contribution in [0.5, 0.6) is 0 Å². The van der Waals surface area contributed by atoms with Crippen LogP contribution in [0.1, 0.15) is 23.1 Å². The molecule has 0 N–H and O–H groups in total. The van der Waals surface area contributed by atoms with Gasteiger partial charge in [-0.3, -0.25) is 9.88 Å². The summed E-state index contributed by atoms with van der Waals surface area (Å²) < 4.78 is 6.54. The molecule has 0 radical (unpaired) electrons. The first-order chi connectivity index (χ1) is 11.7. The number of likely N-dealkylation sites (tertiary alicyclic amines) is 1. The van der Waals surface area contributed by atoms with Gasteiger partial charge >= 0.3 is 0 Å². The highest BCUT2D eigenvalue weighted by molar-refractivity contribution is 8.01. The van der Waals surface area contributed by atoms with Gasteiger partial charge in [-0.25, -0.2) is 0 Å². The Morgan fingerprint density at radius 1 is 1.21 bits per heavy atom. The minimum atomic E-state index is 0.386. The summed E-state index contributed by atoms with van der Waals surface area (Å²) in [5, 5.41) is 0. The van der Waals surface area contributed by atoms with Gasteiger partial charge in [0.25, 0.3) is 0 Å². The Morgan fingerprint density at radius 2 is 2.04 bits per heavy atom.